The number of hydrogen-bond donors (Lipinski definition) is 0. The van der Waals surface area contributed by atoms with Crippen LogP contribution in [0.5, 0.6) is 0 Å². The van der Waals surface area contributed by atoms with E-state index in [0.717, 1.165) is 66.1 Å². The summed E-state index contributed by atoms with van der Waals surface area (Å²) >= 11 is 0. The van der Waals surface area contributed by atoms with E-state index in [1.807, 2.05) is 25.1 Å². The predicted octanol–water partition coefficient (Wildman–Crippen LogP) is 7.43. The number of ether oxygens (including phenoxy) is 3. The van der Waals surface area contributed by atoms with Gasteiger partial charge in [0.25, 0.3) is 0 Å². The zero-order valence-electron chi connectivity index (χ0n) is 23.6. The molecule has 0 spiro atoms. The van der Waals surface area contributed by atoms with E-state index in [4.69, 9.17) is 19.2 Å². The summed E-state index contributed by atoms with van der Waals surface area (Å²) in [5.41, 5.74) is 5.50. The highest BCUT2D eigenvalue weighted by Crippen LogP contribution is 2.36. The van der Waals surface area contributed by atoms with Crippen molar-refractivity contribution in [3.05, 3.63) is 91.0 Å². The Morgan fingerprint density at radius 2 is 1.38 bits per heavy atom. The lowest BCUT2D eigenvalue weighted by molar-refractivity contribution is -0.158. The maximum absolute atomic E-state index is 12.3. The lowest BCUT2D eigenvalue weighted by Gasteiger charge is -2.16. The van der Waals surface area contributed by atoms with Crippen molar-refractivity contribution in [2.75, 3.05) is 26.9 Å². The lowest BCUT2D eigenvalue weighted by atomic mass is 10.0. The zero-order valence-corrected chi connectivity index (χ0v) is 23.6. The molecule has 210 valence electrons. The summed E-state index contributed by atoms with van der Waals surface area (Å²) in [6.07, 6.45) is 4.05. The van der Waals surface area contributed by atoms with Crippen molar-refractivity contribution >= 4 is 5.97 Å². The van der Waals surface area contributed by atoms with Crippen LogP contribution in [0.1, 0.15) is 39.0 Å². The quantitative estimate of drug-likeness (QED) is 0.109. The summed E-state index contributed by atoms with van der Waals surface area (Å²) in [5.74, 6) is 0.692. The molecular weight excluding hydrogens is 500 g/mol. The van der Waals surface area contributed by atoms with Crippen molar-refractivity contribution in [3.8, 4) is 33.9 Å². The highest BCUT2D eigenvalue weighted by molar-refractivity contribution is 5.82. The number of hydrogen-bond acceptors (Lipinski definition) is 5. The molecule has 0 aliphatic rings. The number of esters is 1. The maximum atomic E-state index is 12.3. The van der Waals surface area contributed by atoms with Crippen LogP contribution in [0.2, 0.25) is 0 Å². The highest BCUT2D eigenvalue weighted by Gasteiger charge is 2.22. The van der Waals surface area contributed by atoms with Crippen LogP contribution < -0.4 is 0 Å². The SMILES string of the molecule is CCOC(=O)C(CCCCCCn1c(-c2ccccc2)nc(-c2ccccc2)c1-c1ccccc1)OCCOC. The molecule has 0 saturated carbocycles. The Hall–Kier alpha value is -3.74. The summed E-state index contributed by atoms with van der Waals surface area (Å²) < 4.78 is 18.4. The number of rotatable bonds is 16. The van der Waals surface area contributed by atoms with Gasteiger partial charge in [-0.15, -0.1) is 0 Å². The molecule has 0 amide bonds. The molecular formula is C34H40N2O4. The number of benzene rings is 3. The third-order valence-electron chi connectivity index (χ3n) is 6.85. The Morgan fingerprint density at radius 3 is 2.00 bits per heavy atom. The number of carbonyl (C=O) groups excluding carboxylic acids is 1. The van der Waals surface area contributed by atoms with Crippen molar-refractivity contribution in [1.29, 1.82) is 0 Å². The number of carbonyl (C=O) groups is 1. The predicted molar refractivity (Wildman–Crippen MR) is 160 cm³/mol. The number of unbranched alkanes of at least 4 members (excludes halogenated alkanes) is 3. The molecule has 0 aliphatic carbocycles. The number of nitrogens with zero attached hydrogens (tertiary/aromatic N) is 2. The van der Waals surface area contributed by atoms with Crippen LogP contribution in [0.25, 0.3) is 33.9 Å². The van der Waals surface area contributed by atoms with Gasteiger partial charge >= 0.3 is 5.97 Å². The Bertz CT molecular complexity index is 1290. The van der Waals surface area contributed by atoms with Gasteiger partial charge in [-0.2, -0.15) is 0 Å². The molecule has 40 heavy (non-hydrogen) atoms. The van der Waals surface area contributed by atoms with E-state index in [0.29, 0.717) is 26.2 Å². The van der Waals surface area contributed by atoms with Crippen molar-refractivity contribution in [2.45, 2.75) is 51.7 Å². The van der Waals surface area contributed by atoms with Gasteiger partial charge in [0.05, 0.1) is 31.2 Å². The van der Waals surface area contributed by atoms with Crippen LogP contribution in [0.4, 0.5) is 0 Å². The van der Waals surface area contributed by atoms with Gasteiger partial charge in [0.1, 0.15) is 5.82 Å². The minimum absolute atomic E-state index is 0.287. The van der Waals surface area contributed by atoms with E-state index < -0.39 is 6.10 Å². The van der Waals surface area contributed by atoms with Crippen molar-refractivity contribution < 1.29 is 19.0 Å². The second kappa shape index (κ2) is 15.8. The molecule has 0 saturated heterocycles. The minimum atomic E-state index is -0.536. The molecule has 1 heterocycles. The van der Waals surface area contributed by atoms with E-state index in [-0.39, 0.29) is 5.97 Å². The van der Waals surface area contributed by atoms with Crippen LogP contribution in [-0.4, -0.2) is 48.6 Å². The smallest absolute Gasteiger partial charge is 0.335 e. The van der Waals surface area contributed by atoms with Crippen LogP contribution in [0, 0.1) is 0 Å². The first-order valence-electron chi connectivity index (χ1n) is 14.3. The first-order chi connectivity index (χ1) is 19.7. The molecule has 3 aromatic carbocycles. The first-order valence-corrected chi connectivity index (χ1v) is 14.3. The fourth-order valence-corrected chi connectivity index (χ4v) is 4.90. The van der Waals surface area contributed by atoms with Crippen molar-refractivity contribution in [1.82, 2.24) is 9.55 Å². The van der Waals surface area contributed by atoms with Crippen LogP contribution in [0.15, 0.2) is 91.0 Å². The molecule has 4 aromatic rings. The first kappa shape index (κ1) is 29.2. The molecule has 1 atom stereocenters. The van der Waals surface area contributed by atoms with Crippen LogP contribution in [-0.2, 0) is 25.5 Å². The van der Waals surface area contributed by atoms with Crippen LogP contribution in [0.3, 0.4) is 0 Å². The molecule has 0 bridgehead atoms. The standard InChI is InChI=1S/C34H40N2O4/c1-3-39-34(37)30(40-26-25-38-2)23-15-4-5-16-24-36-32(28-19-11-7-12-20-28)31(27-17-9-6-10-18-27)35-33(36)29-21-13-8-14-22-29/h6-14,17-22,30H,3-5,15-16,23-26H2,1-2H3. The number of imidazole rings is 1. The van der Waals surface area contributed by atoms with Gasteiger partial charge in [0.15, 0.2) is 6.10 Å². The molecule has 4 rings (SSSR count). The Balaban J connectivity index is 1.51. The van der Waals surface area contributed by atoms with Gasteiger partial charge in [-0.25, -0.2) is 9.78 Å². The molecule has 1 unspecified atom stereocenters. The van der Waals surface area contributed by atoms with Gasteiger partial charge in [0, 0.05) is 30.3 Å². The molecule has 6 heteroatoms. The molecule has 0 fully saturated rings. The summed E-state index contributed by atoms with van der Waals surface area (Å²) in [5, 5.41) is 0. The average molecular weight is 541 g/mol. The fraction of sp³-hybridized carbons (Fsp3) is 0.353. The number of aromatic nitrogens is 2. The summed E-state index contributed by atoms with van der Waals surface area (Å²) in [6, 6.07) is 31.4. The Morgan fingerprint density at radius 1 is 0.775 bits per heavy atom. The van der Waals surface area contributed by atoms with Gasteiger partial charge in [-0.1, -0.05) is 110 Å². The summed E-state index contributed by atoms with van der Waals surface area (Å²) in [7, 11) is 1.62. The Kier molecular flexibility index (Phi) is 11.5. The topological polar surface area (TPSA) is 62.6 Å². The zero-order chi connectivity index (χ0) is 28.0. The van der Waals surface area contributed by atoms with Crippen molar-refractivity contribution in [2.24, 2.45) is 0 Å². The monoisotopic (exact) mass is 540 g/mol. The van der Waals surface area contributed by atoms with E-state index in [2.05, 4.69) is 77.4 Å². The van der Waals surface area contributed by atoms with Gasteiger partial charge in [-0.05, 0) is 19.8 Å². The fourth-order valence-electron chi connectivity index (χ4n) is 4.90. The average Bonchev–Trinajstić information content (AvgIpc) is 3.39. The van der Waals surface area contributed by atoms with Crippen LogP contribution >= 0.6 is 0 Å². The molecule has 1 aromatic heterocycles. The third kappa shape index (κ3) is 7.90. The summed E-state index contributed by atoms with van der Waals surface area (Å²) in [4.78, 5) is 17.5. The van der Waals surface area contributed by atoms with Crippen molar-refractivity contribution in [3.63, 3.8) is 0 Å². The lowest BCUT2D eigenvalue weighted by Crippen LogP contribution is -2.28. The van der Waals surface area contributed by atoms with Gasteiger partial charge in [-0.3, -0.25) is 0 Å². The van der Waals surface area contributed by atoms with E-state index in [1.54, 1.807) is 7.11 Å². The van der Waals surface area contributed by atoms with E-state index >= 15 is 0 Å². The van der Waals surface area contributed by atoms with E-state index in [1.165, 1.54) is 0 Å². The summed E-state index contributed by atoms with van der Waals surface area (Å²) in [6.45, 7) is 3.86. The molecule has 0 aliphatic heterocycles. The third-order valence-corrected chi connectivity index (χ3v) is 6.85. The Labute approximate surface area is 237 Å². The molecule has 0 N–H and O–H groups in total. The number of methoxy groups -OCH3 is 1. The van der Waals surface area contributed by atoms with Gasteiger partial charge in [0.2, 0.25) is 0 Å². The molecule has 0 radical (unpaired) electrons. The van der Waals surface area contributed by atoms with Gasteiger partial charge < -0.3 is 18.8 Å². The largest absolute Gasteiger partial charge is 0.464 e. The van der Waals surface area contributed by atoms with E-state index in [9.17, 15) is 4.79 Å². The minimum Gasteiger partial charge on any atom is -0.464 e. The second-order valence-corrected chi connectivity index (χ2v) is 9.69. The second-order valence-electron chi connectivity index (χ2n) is 9.69. The molecule has 6 nitrogen and oxygen atoms in total. The highest BCUT2D eigenvalue weighted by atomic mass is 16.6. The maximum Gasteiger partial charge on any atom is 0.335 e. The normalized spacial score (nSPS) is 11.8.